The molecule has 0 spiro atoms. The maximum absolute atomic E-state index is 13.5. The number of anilines is 2. The van der Waals surface area contributed by atoms with E-state index in [1.807, 2.05) is 0 Å². The summed E-state index contributed by atoms with van der Waals surface area (Å²) < 4.78 is 41.7. The zero-order valence-corrected chi connectivity index (χ0v) is 19.7. The summed E-state index contributed by atoms with van der Waals surface area (Å²) in [5.41, 5.74) is 1.65. The summed E-state index contributed by atoms with van der Waals surface area (Å²) in [6.07, 6.45) is 0. The van der Waals surface area contributed by atoms with Gasteiger partial charge in [-0.2, -0.15) is 0 Å². The Labute approximate surface area is 200 Å². The molecule has 0 aliphatic carbocycles. The highest BCUT2D eigenvalue weighted by molar-refractivity contribution is 7.92. The number of nitrogens with one attached hydrogen (secondary N) is 1. The molecule has 1 fully saturated rings. The summed E-state index contributed by atoms with van der Waals surface area (Å²) in [6, 6.07) is 19.1. The Morgan fingerprint density at radius 1 is 0.941 bits per heavy atom. The lowest BCUT2D eigenvalue weighted by Gasteiger charge is -2.34. The van der Waals surface area contributed by atoms with E-state index >= 15 is 0 Å². The average Bonchev–Trinajstić information content (AvgIpc) is 3.28. The molecule has 0 radical (unpaired) electrons. The van der Waals surface area contributed by atoms with Crippen LogP contribution < -0.4 is 9.62 Å². The smallest absolute Gasteiger partial charge is 0.261 e. The van der Waals surface area contributed by atoms with Crippen LogP contribution in [0, 0.1) is 5.82 Å². The number of carbonyl (C=O) groups is 1. The van der Waals surface area contributed by atoms with Gasteiger partial charge in [-0.05, 0) is 54.6 Å². The number of hydrogen-bond acceptors (Lipinski definition) is 6. The van der Waals surface area contributed by atoms with Gasteiger partial charge in [-0.3, -0.25) is 9.52 Å². The van der Waals surface area contributed by atoms with Crippen molar-refractivity contribution in [1.82, 2.24) is 9.88 Å². The molecule has 2 heterocycles. The number of thiazole rings is 1. The Kier molecular flexibility index (Phi) is 5.93. The number of hydrogen-bond donors (Lipinski definition) is 1. The van der Waals surface area contributed by atoms with Gasteiger partial charge in [0.05, 0.1) is 15.1 Å². The molecule has 0 bridgehead atoms. The monoisotopic (exact) mass is 496 g/mol. The van der Waals surface area contributed by atoms with E-state index in [2.05, 4.69) is 14.6 Å². The van der Waals surface area contributed by atoms with Gasteiger partial charge in [0.15, 0.2) is 5.13 Å². The number of sulfonamides is 1. The lowest BCUT2D eigenvalue weighted by molar-refractivity contribution is 0.0747. The zero-order chi connectivity index (χ0) is 23.7. The third kappa shape index (κ3) is 4.59. The molecule has 0 unspecified atom stereocenters. The molecule has 1 N–H and O–H groups in total. The fraction of sp³-hybridized carbons (Fsp3) is 0.167. The molecule has 4 aromatic rings. The van der Waals surface area contributed by atoms with E-state index in [-0.39, 0.29) is 16.6 Å². The maximum Gasteiger partial charge on any atom is 0.261 e. The number of amides is 1. The van der Waals surface area contributed by atoms with E-state index in [0.29, 0.717) is 37.4 Å². The van der Waals surface area contributed by atoms with Crippen LogP contribution in [0.15, 0.2) is 77.7 Å². The molecule has 5 rings (SSSR count). The van der Waals surface area contributed by atoms with E-state index < -0.39 is 10.0 Å². The van der Waals surface area contributed by atoms with E-state index in [1.54, 1.807) is 53.4 Å². The fourth-order valence-corrected chi connectivity index (χ4v) is 5.92. The minimum Gasteiger partial charge on any atom is -0.345 e. The largest absolute Gasteiger partial charge is 0.345 e. The van der Waals surface area contributed by atoms with E-state index in [9.17, 15) is 17.6 Å². The van der Waals surface area contributed by atoms with Crippen molar-refractivity contribution in [3.05, 3.63) is 84.2 Å². The first-order valence-electron chi connectivity index (χ1n) is 10.7. The van der Waals surface area contributed by atoms with Crippen molar-refractivity contribution in [2.45, 2.75) is 4.90 Å². The molecule has 34 heavy (non-hydrogen) atoms. The minimum absolute atomic E-state index is 0.108. The van der Waals surface area contributed by atoms with Crippen LogP contribution in [0.5, 0.6) is 0 Å². The standard InChI is InChI=1S/C24H21FN4O3S2/c25-18-8-11-21-22(16-18)33-24(26-21)29-14-12-28(13-15-29)23(30)17-6-9-19(10-7-17)27-34(31,32)20-4-2-1-3-5-20/h1-11,16,27H,12-15H2. The SMILES string of the molecule is O=C(c1ccc(NS(=O)(=O)c2ccccc2)cc1)N1CCN(c2nc3ccc(F)cc3s2)CC1. The summed E-state index contributed by atoms with van der Waals surface area (Å²) in [5.74, 6) is -0.388. The molecular formula is C24H21FN4O3S2. The van der Waals surface area contributed by atoms with Crippen LogP contribution >= 0.6 is 11.3 Å². The fourth-order valence-electron chi connectivity index (χ4n) is 3.80. The van der Waals surface area contributed by atoms with Crippen molar-refractivity contribution in [2.24, 2.45) is 0 Å². The zero-order valence-electron chi connectivity index (χ0n) is 18.0. The number of benzene rings is 3. The maximum atomic E-state index is 13.5. The molecule has 10 heteroatoms. The second-order valence-corrected chi connectivity index (χ2v) is 10.6. The van der Waals surface area contributed by atoms with Gasteiger partial charge in [0.2, 0.25) is 0 Å². The Bertz CT molecular complexity index is 1430. The van der Waals surface area contributed by atoms with Crippen LogP contribution in [0.2, 0.25) is 0 Å². The first-order valence-corrected chi connectivity index (χ1v) is 13.0. The van der Waals surface area contributed by atoms with Gasteiger partial charge in [-0.25, -0.2) is 17.8 Å². The van der Waals surface area contributed by atoms with Gasteiger partial charge in [-0.15, -0.1) is 0 Å². The predicted octanol–water partition coefficient (Wildman–Crippen LogP) is 4.20. The molecule has 1 amide bonds. The molecular weight excluding hydrogens is 475 g/mol. The molecule has 1 saturated heterocycles. The van der Waals surface area contributed by atoms with Crippen molar-refractivity contribution < 1.29 is 17.6 Å². The lowest BCUT2D eigenvalue weighted by Crippen LogP contribution is -2.48. The molecule has 7 nitrogen and oxygen atoms in total. The van der Waals surface area contributed by atoms with Crippen LogP contribution in [0.1, 0.15) is 10.4 Å². The summed E-state index contributed by atoms with van der Waals surface area (Å²) in [7, 11) is -3.69. The van der Waals surface area contributed by atoms with Crippen LogP contribution in [0.3, 0.4) is 0 Å². The minimum atomic E-state index is -3.69. The van der Waals surface area contributed by atoms with Gasteiger partial charge < -0.3 is 9.80 Å². The quantitative estimate of drug-likeness (QED) is 0.448. The normalized spacial score (nSPS) is 14.4. The van der Waals surface area contributed by atoms with Gasteiger partial charge >= 0.3 is 0 Å². The number of halogens is 1. The van der Waals surface area contributed by atoms with Crippen molar-refractivity contribution in [3.8, 4) is 0 Å². The van der Waals surface area contributed by atoms with Gasteiger partial charge in [-0.1, -0.05) is 29.5 Å². The molecule has 1 aliphatic heterocycles. The average molecular weight is 497 g/mol. The topological polar surface area (TPSA) is 82.6 Å². The summed E-state index contributed by atoms with van der Waals surface area (Å²) in [4.78, 5) is 21.6. The highest BCUT2D eigenvalue weighted by Gasteiger charge is 2.24. The number of piperazine rings is 1. The van der Waals surface area contributed by atoms with Crippen molar-refractivity contribution >= 4 is 48.3 Å². The summed E-state index contributed by atoms with van der Waals surface area (Å²) in [5, 5.41) is 0.822. The Morgan fingerprint density at radius 3 is 2.35 bits per heavy atom. The van der Waals surface area contributed by atoms with Gasteiger partial charge in [0, 0.05) is 37.4 Å². The van der Waals surface area contributed by atoms with Crippen molar-refractivity contribution in [1.29, 1.82) is 0 Å². The number of fused-ring (bicyclic) bond motifs is 1. The number of carbonyl (C=O) groups excluding carboxylic acids is 1. The first kappa shape index (κ1) is 22.3. The van der Waals surface area contributed by atoms with Crippen LogP contribution in [-0.2, 0) is 10.0 Å². The highest BCUT2D eigenvalue weighted by Crippen LogP contribution is 2.30. The third-order valence-corrected chi connectivity index (χ3v) is 8.09. The van der Waals surface area contributed by atoms with Crippen molar-refractivity contribution in [3.63, 3.8) is 0 Å². The summed E-state index contributed by atoms with van der Waals surface area (Å²) >= 11 is 1.44. The van der Waals surface area contributed by atoms with E-state index in [4.69, 9.17) is 0 Å². The Hall–Kier alpha value is -3.50. The number of nitrogens with zero attached hydrogens (tertiary/aromatic N) is 3. The first-order chi connectivity index (χ1) is 16.4. The molecule has 0 saturated carbocycles. The second-order valence-electron chi connectivity index (χ2n) is 7.88. The molecule has 174 valence electrons. The molecule has 3 aromatic carbocycles. The van der Waals surface area contributed by atoms with Gasteiger partial charge in [0.1, 0.15) is 5.82 Å². The molecule has 0 atom stereocenters. The Morgan fingerprint density at radius 2 is 1.65 bits per heavy atom. The lowest BCUT2D eigenvalue weighted by atomic mass is 10.1. The van der Waals surface area contributed by atoms with Crippen molar-refractivity contribution in [2.75, 3.05) is 35.8 Å². The molecule has 1 aromatic heterocycles. The van der Waals surface area contributed by atoms with Gasteiger partial charge in [0.25, 0.3) is 15.9 Å². The van der Waals surface area contributed by atoms with Crippen LogP contribution in [0.4, 0.5) is 15.2 Å². The highest BCUT2D eigenvalue weighted by atomic mass is 32.2. The predicted molar refractivity (Wildman–Crippen MR) is 131 cm³/mol. The second kappa shape index (κ2) is 9.03. The van der Waals surface area contributed by atoms with Crippen LogP contribution in [-0.4, -0.2) is 50.4 Å². The number of aromatic nitrogens is 1. The Balaban J connectivity index is 1.21. The molecule has 1 aliphatic rings. The third-order valence-electron chi connectivity index (χ3n) is 5.61. The number of rotatable bonds is 5. The van der Waals surface area contributed by atoms with Crippen LogP contribution in [0.25, 0.3) is 10.2 Å². The van der Waals surface area contributed by atoms with E-state index in [1.165, 1.54) is 35.6 Å². The van der Waals surface area contributed by atoms with E-state index in [0.717, 1.165) is 15.3 Å². The summed E-state index contributed by atoms with van der Waals surface area (Å²) in [6.45, 7) is 2.32.